The Kier molecular flexibility index (Phi) is 6.43. The van der Waals surface area contributed by atoms with Crippen molar-refractivity contribution >= 4 is 24.3 Å². The van der Waals surface area contributed by atoms with E-state index in [1.54, 1.807) is 19.1 Å². The second-order valence-corrected chi connectivity index (χ2v) is 8.99. The van der Waals surface area contributed by atoms with E-state index in [-0.39, 0.29) is 5.91 Å². The number of aryl methyl sites for hydroxylation is 2. The standard InChI is InChI=1S/C23H30BN3O4/c1-14-11-15(2)13-17(12-14)22(29)27(23(4,5)6)26-21(28)18-7-8-19-20(16(18)3)31-10-9-25-24(19)30/h7-8,11-13,25,30H,9-10H2,1-6H3,(H,26,28). The van der Waals surface area contributed by atoms with E-state index >= 15 is 0 Å². The molecule has 31 heavy (non-hydrogen) atoms. The minimum absolute atomic E-state index is 0.282. The second kappa shape index (κ2) is 8.73. The van der Waals surface area contributed by atoms with Gasteiger partial charge in [0, 0.05) is 28.7 Å². The van der Waals surface area contributed by atoms with Crippen molar-refractivity contribution in [3.63, 3.8) is 0 Å². The normalized spacial score (nSPS) is 13.7. The zero-order valence-corrected chi connectivity index (χ0v) is 19.0. The first-order valence-electron chi connectivity index (χ1n) is 10.4. The molecule has 1 heterocycles. The zero-order chi connectivity index (χ0) is 22.9. The molecule has 3 N–H and O–H groups in total. The molecule has 0 radical (unpaired) electrons. The summed E-state index contributed by atoms with van der Waals surface area (Å²) in [6.45, 7) is 12.1. The molecule has 7 nitrogen and oxygen atoms in total. The highest BCUT2D eigenvalue weighted by Gasteiger charge is 2.31. The molecule has 1 aliphatic heterocycles. The molecule has 0 bridgehead atoms. The fourth-order valence-electron chi connectivity index (χ4n) is 3.74. The van der Waals surface area contributed by atoms with E-state index in [1.807, 2.05) is 52.8 Å². The molecule has 0 aromatic heterocycles. The highest BCUT2D eigenvalue weighted by atomic mass is 16.5. The van der Waals surface area contributed by atoms with Crippen LogP contribution in [0, 0.1) is 20.8 Å². The van der Waals surface area contributed by atoms with Crippen LogP contribution in [0.5, 0.6) is 5.75 Å². The lowest BCUT2D eigenvalue weighted by molar-refractivity contribution is 0.0358. The minimum Gasteiger partial charge on any atom is -0.492 e. The van der Waals surface area contributed by atoms with Crippen molar-refractivity contribution in [3.8, 4) is 5.75 Å². The van der Waals surface area contributed by atoms with E-state index in [2.05, 4.69) is 10.7 Å². The molecule has 0 fully saturated rings. The molecule has 2 amide bonds. The van der Waals surface area contributed by atoms with Crippen molar-refractivity contribution in [2.24, 2.45) is 0 Å². The number of hydrazine groups is 1. The highest BCUT2D eigenvalue weighted by Crippen LogP contribution is 2.23. The maximum Gasteiger partial charge on any atom is 0.417 e. The molecular weight excluding hydrogens is 393 g/mol. The van der Waals surface area contributed by atoms with Crippen molar-refractivity contribution in [2.75, 3.05) is 13.2 Å². The van der Waals surface area contributed by atoms with Gasteiger partial charge in [0.05, 0.1) is 12.1 Å². The Bertz CT molecular complexity index is 996. The van der Waals surface area contributed by atoms with Gasteiger partial charge in [0.1, 0.15) is 5.75 Å². The minimum atomic E-state index is -0.856. The number of nitrogens with one attached hydrogen (secondary N) is 2. The van der Waals surface area contributed by atoms with Crippen molar-refractivity contribution in [2.45, 2.75) is 47.1 Å². The molecule has 2 aromatic rings. The van der Waals surface area contributed by atoms with Crippen molar-refractivity contribution in [1.82, 2.24) is 15.7 Å². The van der Waals surface area contributed by atoms with E-state index in [1.165, 1.54) is 5.01 Å². The number of ether oxygens (including phenoxy) is 1. The van der Waals surface area contributed by atoms with Gasteiger partial charge in [-0.3, -0.25) is 15.0 Å². The molecular formula is C23H30BN3O4. The molecule has 0 saturated heterocycles. The molecule has 0 unspecified atom stereocenters. The maximum atomic E-state index is 13.3. The van der Waals surface area contributed by atoms with Crippen LogP contribution in [-0.2, 0) is 0 Å². The van der Waals surface area contributed by atoms with Crippen molar-refractivity contribution in [3.05, 3.63) is 58.1 Å². The average molecular weight is 423 g/mol. The Hall–Kier alpha value is -2.84. The summed E-state index contributed by atoms with van der Waals surface area (Å²) < 4.78 is 5.77. The number of carbonyl (C=O) groups excluding carboxylic acids is 2. The summed E-state index contributed by atoms with van der Waals surface area (Å²) in [6, 6.07) is 8.95. The maximum absolute atomic E-state index is 13.3. The quantitative estimate of drug-likeness (QED) is 0.507. The van der Waals surface area contributed by atoms with Crippen LogP contribution in [0.2, 0.25) is 0 Å². The highest BCUT2D eigenvalue weighted by molar-refractivity contribution is 6.64. The lowest BCUT2D eigenvalue weighted by Gasteiger charge is -2.36. The second-order valence-electron chi connectivity index (χ2n) is 8.99. The predicted molar refractivity (Wildman–Crippen MR) is 122 cm³/mol. The molecule has 0 spiro atoms. The van der Waals surface area contributed by atoms with E-state index in [0.29, 0.717) is 41.1 Å². The number of rotatable bonds is 2. The third-order valence-electron chi connectivity index (χ3n) is 5.22. The predicted octanol–water partition coefficient (Wildman–Crippen LogP) is 1.87. The van der Waals surface area contributed by atoms with Gasteiger partial charge in [0.25, 0.3) is 11.8 Å². The summed E-state index contributed by atoms with van der Waals surface area (Å²) in [5.74, 6) is -0.202. The van der Waals surface area contributed by atoms with E-state index in [4.69, 9.17) is 4.74 Å². The lowest BCUT2D eigenvalue weighted by atomic mass is 9.72. The molecule has 2 aromatic carbocycles. The summed E-state index contributed by atoms with van der Waals surface area (Å²) >= 11 is 0. The van der Waals surface area contributed by atoms with Crippen LogP contribution >= 0.6 is 0 Å². The van der Waals surface area contributed by atoms with E-state index in [0.717, 1.165) is 11.1 Å². The lowest BCUT2D eigenvalue weighted by Crippen LogP contribution is -2.56. The summed E-state index contributed by atoms with van der Waals surface area (Å²) in [7, 11) is -0.856. The SMILES string of the molecule is Cc1cc(C)cc(C(=O)N(NC(=O)c2ccc3c(c2C)OCCNB3O)C(C)(C)C)c1. The van der Waals surface area contributed by atoms with Gasteiger partial charge < -0.3 is 15.0 Å². The van der Waals surface area contributed by atoms with Crippen LogP contribution < -0.4 is 20.9 Å². The topological polar surface area (TPSA) is 90.9 Å². The molecule has 0 aliphatic carbocycles. The molecule has 1 aliphatic rings. The Morgan fingerprint density at radius 1 is 1.13 bits per heavy atom. The Labute approximate surface area is 183 Å². The molecule has 3 rings (SSSR count). The van der Waals surface area contributed by atoms with Crippen molar-refractivity contribution in [1.29, 1.82) is 0 Å². The Morgan fingerprint density at radius 3 is 2.39 bits per heavy atom. The number of amides is 2. The van der Waals surface area contributed by atoms with Crippen LogP contribution in [0.15, 0.2) is 30.3 Å². The third kappa shape index (κ3) is 4.91. The van der Waals surface area contributed by atoms with Crippen LogP contribution in [0.4, 0.5) is 0 Å². The fourth-order valence-corrected chi connectivity index (χ4v) is 3.74. The van der Waals surface area contributed by atoms with Gasteiger partial charge in [-0.2, -0.15) is 0 Å². The summed E-state index contributed by atoms with van der Waals surface area (Å²) in [4.78, 5) is 26.5. The monoisotopic (exact) mass is 423 g/mol. The number of hydrogen-bond donors (Lipinski definition) is 3. The van der Waals surface area contributed by atoms with Gasteiger partial charge in [-0.25, -0.2) is 5.01 Å². The molecule has 164 valence electrons. The number of carbonyl (C=O) groups is 2. The van der Waals surface area contributed by atoms with E-state index < -0.39 is 18.5 Å². The van der Waals surface area contributed by atoms with Gasteiger partial charge >= 0.3 is 7.05 Å². The number of nitrogens with zero attached hydrogens (tertiary/aromatic N) is 1. The number of fused-ring (bicyclic) bond motifs is 1. The van der Waals surface area contributed by atoms with Gasteiger partial charge in [-0.05, 0) is 59.7 Å². The Balaban J connectivity index is 1.93. The summed E-state index contributed by atoms with van der Waals surface area (Å²) in [6.07, 6.45) is 0. The van der Waals surface area contributed by atoms with Gasteiger partial charge in [-0.1, -0.05) is 23.3 Å². The van der Waals surface area contributed by atoms with Gasteiger partial charge in [-0.15, -0.1) is 0 Å². The van der Waals surface area contributed by atoms with Crippen LogP contribution in [0.25, 0.3) is 0 Å². The average Bonchev–Trinajstić information content (AvgIpc) is 2.86. The third-order valence-corrected chi connectivity index (χ3v) is 5.22. The Morgan fingerprint density at radius 2 is 1.77 bits per heavy atom. The molecule has 0 saturated carbocycles. The molecule has 0 atom stereocenters. The smallest absolute Gasteiger partial charge is 0.417 e. The first-order chi connectivity index (χ1) is 14.5. The largest absolute Gasteiger partial charge is 0.492 e. The van der Waals surface area contributed by atoms with Crippen LogP contribution in [-0.4, -0.2) is 47.6 Å². The summed E-state index contributed by atoms with van der Waals surface area (Å²) in [5.41, 5.74) is 6.21. The number of benzene rings is 2. The van der Waals surface area contributed by atoms with Crippen LogP contribution in [0.3, 0.4) is 0 Å². The zero-order valence-electron chi connectivity index (χ0n) is 19.0. The van der Waals surface area contributed by atoms with E-state index in [9.17, 15) is 14.6 Å². The van der Waals surface area contributed by atoms with Crippen LogP contribution in [0.1, 0.15) is 58.2 Å². The molecule has 8 heteroatoms. The first-order valence-corrected chi connectivity index (χ1v) is 10.4. The van der Waals surface area contributed by atoms with Gasteiger partial charge in [0.15, 0.2) is 0 Å². The fraction of sp³-hybridized carbons (Fsp3) is 0.391. The summed E-state index contributed by atoms with van der Waals surface area (Å²) in [5, 5.41) is 14.6. The number of hydrogen-bond acceptors (Lipinski definition) is 5. The van der Waals surface area contributed by atoms with Gasteiger partial charge in [0.2, 0.25) is 0 Å². The van der Waals surface area contributed by atoms with Crippen molar-refractivity contribution < 1.29 is 19.3 Å². The first kappa shape index (κ1) is 22.8.